The van der Waals surface area contributed by atoms with Crippen LogP contribution in [0.4, 0.5) is 13.2 Å². The van der Waals surface area contributed by atoms with Gasteiger partial charge in [-0.3, -0.25) is 9.89 Å². The summed E-state index contributed by atoms with van der Waals surface area (Å²) in [6.45, 7) is 0. The molecule has 0 saturated carbocycles. The largest absolute Gasteiger partial charge is 0.497 e. The minimum atomic E-state index is -4.72. The zero-order chi connectivity index (χ0) is 22.5. The summed E-state index contributed by atoms with van der Waals surface area (Å²) in [6.07, 6.45) is -4.72. The molecule has 0 radical (unpaired) electrons. The van der Waals surface area contributed by atoms with E-state index in [0.717, 1.165) is 9.90 Å². The first-order valence-corrected chi connectivity index (χ1v) is 9.72. The first kappa shape index (κ1) is 19.9. The van der Waals surface area contributed by atoms with Gasteiger partial charge in [-0.15, -0.1) is 0 Å². The molecule has 1 N–H and O–H groups in total. The number of benzene rings is 3. The molecule has 0 aliphatic heterocycles. The molecule has 0 fully saturated rings. The van der Waals surface area contributed by atoms with Crippen molar-refractivity contribution in [2.24, 2.45) is 0 Å². The number of methoxy groups -OCH3 is 1. The van der Waals surface area contributed by atoms with Crippen molar-refractivity contribution < 1.29 is 17.9 Å². The van der Waals surface area contributed by atoms with E-state index in [9.17, 15) is 18.0 Å². The number of hydrogen-bond acceptors (Lipinski definition) is 3. The van der Waals surface area contributed by atoms with Gasteiger partial charge in [0.15, 0.2) is 5.65 Å². The number of H-pyrrole nitrogens is 1. The Morgan fingerprint density at radius 2 is 1.69 bits per heavy atom. The molecular formula is C24H16F3N3O2. The van der Waals surface area contributed by atoms with Gasteiger partial charge in [0, 0.05) is 11.6 Å². The van der Waals surface area contributed by atoms with Gasteiger partial charge in [0.05, 0.1) is 18.4 Å². The van der Waals surface area contributed by atoms with Crippen molar-refractivity contribution in [1.82, 2.24) is 14.6 Å². The van der Waals surface area contributed by atoms with Gasteiger partial charge in [-0.05, 0) is 40.6 Å². The SMILES string of the molecule is COc1ccc(-c2cc(=O)n3[nH]c(C(F)(F)F)c(-c4cccc5ccccc45)c3n2)cc1. The highest BCUT2D eigenvalue weighted by Crippen LogP contribution is 2.40. The lowest BCUT2D eigenvalue weighted by atomic mass is 9.98. The van der Waals surface area contributed by atoms with Crippen molar-refractivity contribution in [3.05, 3.63) is 88.8 Å². The molecular weight excluding hydrogens is 419 g/mol. The van der Waals surface area contributed by atoms with Gasteiger partial charge in [0.2, 0.25) is 0 Å². The average molecular weight is 435 g/mol. The molecule has 5 aromatic rings. The van der Waals surface area contributed by atoms with E-state index in [1.807, 2.05) is 18.2 Å². The maximum atomic E-state index is 14.0. The van der Waals surface area contributed by atoms with E-state index in [4.69, 9.17) is 4.74 Å². The van der Waals surface area contributed by atoms with Gasteiger partial charge in [0.1, 0.15) is 11.4 Å². The van der Waals surface area contributed by atoms with Crippen LogP contribution < -0.4 is 10.3 Å². The third-order valence-corrected chi connectivity index (χ3v) is 5.34. The fraction of sp³-hybridized carbons (Fsp3) is 0.0833. The van der Waals surface area contributed by atoms with E-state index in [0.29, 0.717) is 22.3 Å². The number of nitrogens with zero attached hydrogens (tertiary/aromatic N) is 2. The maximum Gasteiger partial charge on any atom is 0.433 e. The second kappa shape index (κ2) is 7.26. The van der Waals surface area contributed by atoms with E-state index in [1.165, 1.54) is 13.2 Å². The molecule has 160 valence electrons. The van der Waals surface area contributed by atoms with Crippen molar-refractivity contribution in [1.29, 1.82) is 0 Å². The summed E-state index contributed by atoms with van der Waals surface area (Å²) in [6, 6.07) is 20.3. The molecule has 0 amide bonds. The smallest absolute Gasteiger partial charge is 0.433 e. The lowest BCUT2D eigenvalue weighted by Crippen LogP contribution is -2.15. The number of aromatic amines is 1. The molecule has 32 heavy (non-hydrogen) atoms. The summed E-state index contributed by atoms with van der Waals surface area (Å²) in [4.78, 5) is 17.3. The number of ether oxygens (including phenoxy) is 1. The maximum absolute atomic E-state index is 14.0. The van der Waals surface area contributed by atoms with Crippen LogP contribution in [0.25, 0.3) is 38.8 Å². The highest BCUT2D eigenvalue weighted by atomic mass is 19.4. The Bertz CT molecular complexity index is 1510. The predicted octanol–water partition coefficient (Wildman–Crippen LogP) is 5.54. The normalized spacial score (nSPS) is 11.9. The topological polar surface area (TPSA) is 59.4 Å². The molecule has 8 heteroatoms. The Kier molecular flexibility index (Phi) is 4.51. The van der Waals surface area contributed by atoms with Crippen LogP contribution in [-0.4, -0.2) is 21.7 Å². The second-order valence-corrected chi connectivity index (χ2v) is 7.25. The Labute approximate surface area is 179 Å². The molecule has 0 aliphatic carbocycles. The number of hydrogen-bond donors (Lipinski definition) is 1. The molecule has 5 nitrogen and oxygen atoms in total. The fourth-order valence-corrected chi connectivity index (χ4v) is 3.85. The van der Waals surface area contributed by atoms with E-state index in [1.54, 1.807) is 48.5 Å². The van der Waals surface area contributed by atoms with E-state index >= 15 is 0 Å². The number of rotatable bonds is 3. The lowest BCUT2D eigenvalue weighted by molar-refractivity contribution is -0.140. The van der Waals surface area contributed by atoms with E-state index in [-0.39, 0.29) is 16.9 Å². The third kappa shape index (κ3) is 3.20. The standard InChI is InChI=1S/C24H16F3N3O2/c1-32-16-11-9-15(10-12-16)19-13-20(31)30-23(28-19)21(22(29-30)24(25,26)27)18-8-4-6-14-5-2-3-7-17(14)18/h2-13,29H,1H3. The average Bonchev–Trinajstić information content (AvgIpc) is 3.19. The monoisotopic (exact) mass is 435 g/mol. The molecule has 0 atom stereocenters. The van der Waals surface area contributed by atoms with Crippen LogP contribution in [0, 0.1) is 0 Å². The van der Waals surface area contributed by atoms with Crippen LogP contribution in [0.3, 0.4) is 0 Å². The van der Waals surface area contributed by atoms with Gasteiger partial charge in [-0.1, -0.05) is 42.5 Å². The van der Waals surface area contributed by atoms with Crippen molar-refractivity contribution in [2.75, 3.05) is 7.11 Å². The van der Waals surface area contributed by atoms with Crippen LogP contribution in [0.15, 0.2) is 77.6 Å². The minimum absolute atomic E-state index is 0.0907. The molecule has 2 aromatic heterocycles. The number of fused-ring (bicyclic) bond motifs is 2. The number of alkyl halides is 3. The molecule has 3 aromatic carbocycles. The van der Waals surface area contributed by atoms with Gasteiger partial charge < -0.3 is 4.74 Å². The Morgan fingerprint density at radius 3 is 2.41 bits per heavy atom. The Hall–Kier alpha value is -4.07. The quantitative estimate of drug-likeness (QED) is 0.405. The summed E-state index contributed by atoms with van der Waals surface area (Å²) < 4.78 is 48.0. The van der Waals surface area contributed by atoms with E-state index < -0.39 is 17.4 Å². The summed E-state index contributed by atoms with van der Waals surface area (Å²) in [7, 11) is 1.53. The van der Waals surface area contributed by atoms with Crippen LogP contribution in [0.5, 0.6) is 5.75 Å². The fourth-order valence-electron chi connectivity index (χ4n) is 3.85. The Morgan fingerprint density at radius 1 is 0.969 bits per heavy atom. The molecule has 0 bridgehead atoms. The second-order valence-electron chi connectivity index (χ2n) is 7.25. The van der Waals surface area contributed by atoms with Crippen molar-refractivity contribution in [3.63, 3.8) is 0 Å². The molecule has 0 saturated heterocycles. The molecule has 0 unspecified atom stereocenters. The zero-order valence-electron chi connectivity index (χ0n) is 16.8. The van der Waals surface area contributed by atoms with Crippen molar-refractivity contribution in [2.45, 2.75) is 6.18 Å². The summed E-state index contributed by atoms with van der Waals surface area (Å²) in [5.74, 6) is 0.615. The van der Waals surface area contributed by atoms with E-state index in [2.05, 4.69) is 10.1 Å². The summed E-state index contributed by atoms with van der Waals surface area (Å²) in [5.41, 5.74) is -0.722. The molecule has 0 aliphatic rings. The number of halogens is 3. The highest BCUT2D eigenvalue weighted by Gasteiger charge is 2.38. The van der Waals surface area contributed by atoms with Gasteiger partial charge in [-0.2, -0.15) is 13.2 Å². The number of nitrogens with one attached hydrogen (secondary N) is 1. The lowest BCUT2D eigenvalue weighted by Gasteiger charge is -2.10. The predicted molar refractivity (Wildman–Crippen MR) is 116 cm³/mol. The van der Waals surface area contributed by atoms with Crippen LogP contribution in [0.1, 0.15) is 5.69 Å². The van der Waals surface area contributed by atoms with Crippen molar-refractivity contribution >= 4 is 16.4 Å². The van der Waals surface area contributed by atoms with Gasteiger partial charge >= 0.3 is 6.18 Å². The Balaban J connectivity index is 1.85. The summed E-state index contributed by atoms with van der Waals surface area (Å²) in [5, 5.41) is 3.64. The highest BCUT2D eigenvalue weighted by molar-refractivity contribution is 6.00. The molecule has 0 spiro atoms. The van der Waals surface area contributed by atoms with Crippen LogP contribution in [-0.2, 0) is 6.18 Å². The van der Waals surface area contributed by atoms with Gasteiger partial charge in [0.25, 0.3) is 5.56 Å². The summed E-state index contributed by atoms with van der Waals surface area (Å²) >= 11 is 0. The van der Waals surface area contributed by atoms with Crippen molar-refractivity contribution in [3.8, 4) is 28.1 Å². The van der Waals surface area contributed by atoms with Gasteiger partial charge in [-0.25, -0.2) is 9.50 Å². The zero-order valence-corrected chi connectivity index (χ0v) is 16.8. The first-order chi connectivity index (χ1) is 15.4. The molecule has 2 heterocycles. The third-order valence-electron chi connectivity index (χ3n) is 5.34. The number of aromatic nitrogens is 3. The van der Waals surface area contributed by atoms with Crippen LogP contribution in [0.2, 0.25) is 0 Å². The van der Waals surface area contributed by atoms with Crippen LogP contribution >= 0.6 is 0 Å². The molecule has 5 rings (SSSR count). The minimum Gasteiger partial charge on any atom is -0.497 e. The first-order valence-electron chi connectivity index (χ1n) is 9.72.